The molecule has 2 aromatic heterocycles. The molecule has 0 atom stereocenters. The molecule has 5 rings (SSSR count). The second-order valence-electron chi connectivity index (χ2n) is 8.20. The summed E-state index contributed by atoms with van der Waals surface area (Å²) in [7, 11) is 2.04. The Labute approximate surface area is 195 Å². The molecule has 0 spiro atoms. The van der Waals surface area contributed by atoms with Crippen molar-refractivity contribution in [2.45, 2.75) is 0 Å². The predicted molar refractivity (Wildman–Crippen MR) is 131 cm³/mol. The minimum absolute atomic E-state index is 0.00295. The van der Waals surface area contributed by atoms with Crippen molar-refractivity contribution in [2.75, 3.05) is 45.5 Å². The van der Waals surface area contributed by atoms with Crippen molar-refractivity contribution >= 4 is 49.3 Å². The summed E-state index contributed by atoms with van der Waals surface area (Å²) in [4.78, 5) is 37.6. The van der Waals surface area contributed by atoms with Gasteiger partial charge in [-0.15, -0.1) is 11.3 Å². The third-order valence-corrected chi connectivity index (χ3v) is 7.16. The predicted octanol–water partition coefficient (Wildman–Crippen LogP) is 2.60. The van der Waals surface area contributed by atoms with Gasteiger partial charge in [-0.2, -0.15) is 0 Å². The molecule has 3 N–H and O–H groups in total. The number of benzene rings is 2. The van der Waals surface area contributed by atoms with Crippen LogP contribution in [0.25, 0.3) is 31.4 Å². The van der Waals surface area contributed by atoms with Gasteiger partial charge in [0.25, 0.3) is 5.91 Å². The highest BCUT2D eigenvalue weighted by molar-refractivity contribution is 7.26. The third-order valence-electron chi connectivity index (χ3n) is 5.99. The van der Waals surface area contributed by atoms with Crippen molar-refractivity contribution in [3.8, 4) is 11.1 Å². The first kappa shape index (κ1) is 21.3. The normalized spacial score (nSPS) is 14.6. The fraction of sp³-hybridized carbons (Fsp3) is 0.250. The van der Waals surface area contributed by atoms with Crippen molar-refractivity contribution in [3.05, 3.63) is 54.4 Å². The number of nitrogens with two attached hydrogens (primary N) is 1. The summed E-state index contributed by atoms with van der Waals surface area (Å²) in [5.41, 5.74) is 9.30. The van der Waals surface area contributed by atoms with Crippen molar-refractivity contribution in [1.29, 1.82) is 0 Å². The molecule has 0 unspecified atom stereocenters. The Balaban J connectivity index is 1.33. The summed E-state index contributed by atoms with van der Waals surface area (Å²) in [6.07, 6.45) is 1.48. The molecular formula is C24H24N6O2S. The van der Waals surface area contributed by atoms with E-state index < -0.39 is 0 Å². The van der Waals surface area contributed by atoms with Crippen LogP contribution in [0.4, 0.5) is 5.82 Å². The molecule has 2 amide bonds. The van der Waals surface area contributed by atoms with Crippen molar-refractivity contribution in [3.63, 3.8) is 0 Å². The van der Waals surface area contributed by atoms with Gasteiger partial charge in [-0.05, 0) is 36.4 Å². The van der Waals surface area contributed by atoms with Gasteiger partial charge in [0.2, 0.25) is 5.91 Å². The highest BCUT2D eigenvalue weighted by Crippen LogP contribution is 2.37. The summed E-state index contributed by atoms with van der Waals surface area (Å²) < 4.78 is 1.94. The zero-order valence-electron chi connectivity index (χ0n) is 18.2. The second-order valence-corrected chi connectivity index (χ2v) is 9.25. The first-order valence-electron chi connectivity index (χ1n) is 10.8. The number of thiophene rings is 1. The minimum atomic E-state index is -0.259. The maximum atomic E-state index is 12.7. The molecule has 1 fully saturated rings. The van der Waals surface area contributed by atoms with Crippen LogP contribution in [0.1, 0.15) is 10.4 Å². The Morgan fingerprint density at radius 1 is 1.06 bits per heavy atom. The van der Waals surface area contributed by atoms with Crippen LogP contribution in [-0.2, 0) is 4.79 Å². The number of carbonyl (C=O) groups excluding carboxylic acids is 2. The van der Waals surface area contributed by atoms with Crippen LogP contribution >= 0.6 is 11.3 Å². The number of piperazine rings is 1. The number of hydrogen-bond donors (Lipinski definition) is 2. The fourth-order valence-corrected chi connectivity index (χ4v) is 5.13. The third kappa shape index (κ3) is 4.24. The van der Waals surface area contributed by atoms with Gasteiger partial charge < -0.3 is 20.9 Å². The molecule has 3 heterocycles. The van der Waals surface area contributed by atoms with Crippen LogP contribution in [-0.4, -0.2) is 71.4 Å². The second kappa shape index (κ2) is 8.76. The molecule has 9 heteroatoms. The van der Waals surface area contributed by atoms with E-state index >= 15 is 0 Å². The lowest BCUT2D eigenvalue weighted by Crippen LogP contribution is -2.50. The van der Waals surface area contributed by atoms with E-state index in [1.807, 2.05) is 37.4 Å². The van der Waals surface area contributed by atoms with Crippen LogP contribution in [0.15, 0.2) is 48.8 Å². The monoisotopic (exact) mass is 460 g/mol. The lowest BCUT2D eigenvalue weighted by atomic mass is 10.0. The van der Waals surface area contributed by atoms with Gasteiger partial charge in [0.05, 0.1) is 16.8 Å². The van der Waals surface area contributed by atoms with E-state index in [1.54, 1.807) is 22.3 Å². The number of amides is 2. The topological polar surface area (TPSA) is 104 Å². The SMILES string of the molecule is CN1CCN(C(=O)CNC(=O)c2cccc(-c3ccc4c(c3)sc3c(N)ncnc34)c2)CC1. The largest absolute Gasteiger partial charge is 0.382 e. The van der Waals surface area contributed by atoms with E-state index in [9.17, 15) is 9.59 Å². The molecule has 0 bridgehead atoms. The summed E-state index contributed by atoms with van der Waals surface area (Å²) in [5, 5.41) is 3.80. The van der Waals surface area contributed by atoms with Crippen LogP contribution in [0.3, 0.4) is 0 Å². The number of nitrogens with one attached hydrogen (secondary N) is 1. The van der Waals surface area contributed by atoms with Gasteiger partial charge in [0.15, 0.2) is 0 Å². The Hall–Kier alpha value is -3.56. The van der Waals surface area contributed by atoms with Gasteiger partial charge in [-0.25, -0.2) is 9.97 Å². The molecule has 0 radical (unpaired) electrons. The number of nitrogen functional groups attached to an aromatic ring is 1. The first-order valence-corrected chi connectivity index (χ1v) is 11.6. The molecule has 2 aromatic carbocycles. The average molecular weight is 461 g/mol. The number of rotatable bonds is 4. The zero-order valence-corrected chi connectivity index (χ0v) is 19.1. The standard InChI is InChI=1S/C24H24N6O2S/c1-29-7-9-30(10-8-29)20(31)13-26-24(32)17-4-2-3-15(11-17)16-5-6-18-19(12-16)33-22-21(18)27-14-28-23(22)25/h2-6,11-12,14H,7-10,13H2,1H3,(H,26,32)(H2,25,27,28). The lowest BCUT2D eigenvalue weighted by molar-refractivity contribution is -0.131. The number of carbonyl (C=O) groups is 2. The Morgan fingerprint density at radius 3 is 2.67 bits per heavy atom. The Morgan fingerprint density at radius 2 is 1.85 bits per heavy atom. The van der Waals surface area contributed by atoms with Crippen LogP contribution < -0.4 is 11.1 Å². The quantitative estimate of drug-likeness (QED) is 0.485. The smallest absolute Gasteiger partial charge is 0.251 e. The fourth-order valence-electron chi connectivity index (χ4n) is 4.04. The molecule has 168 valence electrons. The van der Waals surface area contributed by atoms with E-state index in [0.717, 1.165) is 44.5 Å². The summed E-state index contributed by atoms with van der Waals surface area (Å²) >= 11 is 1.56. The van der Waals surface area contributed by atoms with E-state index in [0.29, 0.717) is 24.5 Å². The summed E-state index contributed by atoms with van der Waals surface area (Å²) in [5.74, 6) is 0.169. The maximum absolute atomic E-state index is 12.7. The Kier molecular flexibility index (Phi) is 5.65. The highest BCUT2D eigenvalue weighted by atomic mass is 32.1. The van der Waals surface area contributed by atoms with Crippen LogP contribution in [0.5, 0.6) is 0 Å². The van der Waals surface area contributed by atoms with Gasteiger partial charge in [0.1, 0.15) is 12.1 Å². The van der Waals surface area contributed by atoms with Crippen molar-refractivity contribution < 1.29 is 9.59 Å². The first-order chi connectivity index (χ1) is 16.0. The zero-order chi connectivity index (χ0) is 22.9. The number of likely N-dealkylation sites (N-methyl/N-ethyl adjacent to an activating group) is 1. The Bertz CT molecular complexity index is 1360. The van der Waals surface area contributed by atoms with Gasteiger partial charge in [-0.3, -0.25) is 9.59 Å². The number of nitrogens with zero attached hydrogens (tertiary/aromatic N) is 4. The molecular weight excluding hydrogens is 436 g/mol. The van der Waals surface area contributed by atoms with Gasteiger partial charge in [-0.1, -0.05) is 24.3 Å². The van der Waals surface area contributed by atoms with E-state index in [-0.39, 0.29) is 18.4 Å². The van der Waals surface area contributed by atoms with Crippen LogP contribution in [0.2, 0.25) is 0 Å². The number of anilines is 1. The van der Waals surface area contributed by atoms with E-state index in [4.69, 9.17) is 5.73 Å². The summed E-state index contributed by atoms with van der Waals surface area (Å²) in [6.45, 7) is 3.09. The van der Waals surface area contributed by atoms with Crippen LogP contribution in [0, 0.1) is 0 Å². The van der Waals surface area contributed by atoms with Crippen molar-refractivity contribution in [2.24, 2.45) is 0 Å². The van der Waals surface area contributed by atoms with E-state index in [1.165, 1.54) is 6.33 Å². The minimum Gasteiger partial charge on any atom is -0.382 e. The molecule has 1 saturated heterocycles. The maximum Gasteiger partial charge on any atom is 0.251 e. The van der Waals surface area contributed by atoms with Gasteiger partial charge in [0, 0.05) is 41.8 Å². The molecule has 1 aliphatic heterocycles. The molecule has 0 aliphatic carbocycles. The number of fused-ring (bicyclic) bond motifs is 3. The molecule has 4 aromatic rings. The molecule has 33 heavy (non-hydrogen) atoms. The van der Waals surface area contributed by atoms with Gasteiger partial charge >= 0.3 is 0 Å². The molecule has 8 nitrogen and oxygen atoms in total. The molecule has 1 aliphatic rings. The summed E-state index contributed by atoms with van der Waals surface area (Å²) in [6, 6.07) is 13.5. The van der Waals surface area contributed by atoms with Crippen molar-refractivity contribution in [1.82, 2.24) is 25.1 Å². The highest BCUT2D eigenvalue weighted by Gasteiger charge is 2.19. The lowest BCUT2D eigenvalue weighted by Gasteiger charge is -2.32. The molecule has 0 saturated carbocycles. The number of aromatic nitrogens is 2. The van der Waals surface area contributed by atoms with E-state index in [2.05, 4.69) is 26.3 Å². The average Bonchev–Trinajstić information content (AvgIpc) is 3.22. The number of hydrogen-bond acceptors (Lipinski definition) is 7.